The molecule has 1 unspecified atom stereocenters. The van der Waals surface area contributed by atoms with Gasteiger partial charge in [0.1, 0.15) is 17.3 Å². The van der Waals surface area contributed by atoms with Gasteiger partial charge >= 0.3 is 5.97 Å². The van der Waals surface area contributed by atoms with Crippen molar-refractivity contribution in [2.75, 3.05) is 31.6 Å². The lowest BCUT2D eigenvalue weighted by molar-refractivity contribution is -0.115. The second-order valence-corrected chi connectivity index (χ2v) is 6.26. The van der Waals surface area contributed by atoms with Crippen molar-refractivity contribution in [3.63, 3.8) is 0 Å². The van der Waals surface area contributed by atoms with Crippen LogP contribution in [0.1, 0.15) is 30.1 Å². The average molecular weight is 355 g/mol. The predicted molar refractivity (Wildman–Crippen MR) is 95.8 cm³/mol. The Hall–Kier alpha value is -2.92. The van der Waals surface area contributed by atoms with Crippen LogP contribution in [0.5, 0.6) is 0 Å². The van der Waals surface area contributed by atoms with Crippen LogP contribution in [0.4, 0.5) is 5.69 Å². The maximum absolute atomic E-state index is 12.3. The molecule has 1 aliphatic rings. The van der Waals surface area contributed by atoms with Crippen LogP contribution >= 0.6 is 0 Å². The highest BCUT2D eigenvalue weighted by molar-refractivity contribution is 6.04. The summed E-state index contributed by atoms with van der Waals surface area (Å²) >= 11 is 0. The largest absolute Gasteiger partial charge is 0.462 e. The quantitative estimate of drug-likeness (QED) is 0.599. The van der Waals surface area contributed by atoms with Gasteiger partial charge in [-0.25, -0.2) is 9.78 Å². The molecule has 0 aliphatic carbocycles. The first-order valence-electron chi connectivity index (χ1n) is 8.67. The number of H-pyrrole nitrogens is 1. The van der Waals surface area contributed by atoms with Gasteiger partial charge in [0.2, 0.25) is 5.78 Å². The van der Waals surface area contributed by atoms with Crippen LogP contribution in [-0.4, -0.2) is 58.9 Å². The van der Waals surface area contributed by atoms with Gasteiger partial charge in [-0.2, -0.15) is 5.26 Å². The molecular formula is C18H21N5O3. The number of ketones is 1. The molecule has 2 aromatic heterocycles. The molecule has 1 saturated heterocycles. The topological polar surface area (TPSA) is 111 Å². The van der Waals surface area contributed by atoms with Gasteiger partial charge in [0.15, 0.2) is 0 Å². The molecule has 26 heavy (non-hydrogen) atoms. The molecule has 1 fully saturated rings. The Morgan fingerprint density at radius 3 is 3.15 bits per heavy atom. The molecule has 1 atom stereocenters. The van der Waals surface area contributed by atoms with E-state index in [-0.39, 0.29) is 19.2 Å². The summed E-state index contributed by atoms with van der Waals surface area (Å²) in [7, 11) is 0. The van der Waals surface area contributed by atoms with E-state index in [1.807, 2.05) is 11.0 Å². The van der Waals surface area contributed by atoms with Gasteiger partial charge in [0.05, 0.1) is 18.8 Å². The zero-order valence-corrected chi connectivity index (χ0v) is 14.6. The van der Waals surface area contributed by atoms with Gasteiger partial charge in [-0.3, -0.25) is 9.69 Å². The Bertz CT molecular complexity index is 854. The molecule has 136 valence electrons. The van der Waals surface area contributed by atoms with Gasteiger partial charge in [-0.15, -0.1) is 0 Å². The van der Waals surface area contributed by atoms with Crippen LogP contribution in [0.15, 0.2) is 18.5 Å². The number of ether oxygens (including phenoxy) is 1. The lowest BCUT2D eigenvalue weighted by Crippen LogP contribution is -2.44. The third-order valence-electron chi connectivity index (χ3n) is 4.43. The van der Waals surface area contributed by atoms with Crippen molar-refractivity contribution in [2.45, 2.75) is 25.8 Å². The molecule has 0 saturated carbocycles. The van der Waals surface area contributed by atoms with Crippen LogP contribution in [-0.2, 0) is 9.53 Å². The molecule has 3 heterocycles. The summed E-state index contributed by atoms with van der Waals surface area (Å²) < 4.78 is 5.15. The zero-order valence-electron chi connectivity index (χ0n) is 14.6. The van der Waals surface area contributed by atoms with Gasteiger partial charge in [0.25, 0.3) is 0 Å². The molecule has 2 N–H and O–H groups in total. The van der Waals surface area contributed by atoms with E-state index in [0.29, 0.717) is 23.4 Å². The first-order chi connectivity index (χ1) is 12.6. The summed E-state index contributed by atoms with van der Waals surface area (Å²) in [5, 5.41) is 13.0. The smallest absolute Gasteiger partial charge is 0.341 e. The molecule has 0 amide bonds. The minimum atomic E-state index is -0.435. The number of carbonyl (C=O) groups excluding carboxylic acids is 2. The standard InChI is InChI=1S/C18H21N5O3/c1-2-26-18(25)15-9-21-17-14(5-6-20-17)16(15)22-12-4-3-7-23(10-12)11-13(24)8-19/h5-6,9,12H,2-4,7,10-11H2,1H3,(H2,20,21,22). The van der Waals surface area contributed by atoms with Crippen LogP contribution in [0.25, 0.3) is 11.0 Å². The zero-order chi connectivity index (χ0) is 18.5. The maximum atomic E-state index is 12.3. The van der Waals surface area contributed by atoms with Gasteiger partial charge in [-0.05, 0) is 32.4 Å². The van der Waals surface area contributed by atoms with Gasteiger partial charge in [-0.1, -0.05) is 0 Å². The number of nitriles is 1. The van der Waals surface area contributed by atoms with E-state index in [2.05, 4.69) is 15.3 Å². The van der Waals surface area contributed by atoms with Crippen LogP contribution in [0.2, 0.25) is 0 Å². The maximum Gasteiger partial charge on any atom is 0.341 e. The molecule has 0 spiro atoms. The average Bonchev–Trinajstić information content (AvgIpc) is 3.11. The normalized spacial score (nSPS) is 17.6. The highest BCUT2D eigenvalue weighted by atomic mass is 16.5. The molecule has 1 aliphatic heterocycles. The van der Waals surface area contributed by atoms with Crippen molar-refractivity contribution in [3.05, 3.63) is 24.0 Å². The fraction of sp³-hybridized carbons (Fsp3) is 0.444. The van der Waals surface area contributed by atoms with Gasteiger partial charge in [0, 0.05) is 30.4 Å². The summed E-state index contributed by atoms with van der Waals surface area (Å²) in [5.74, 6) is -0.854. The number of hydrogen-bond acceptors (Lipinski definition) is 7. The van der Waals surface area contributed by atoms with Crippen molar-refractivity contribution in [1.29, 1.82) is 5.26 Å². The number of fused-ring (bicyclic) bond motifs is 1. The number of carbonyl (C=O) groups is 2. The SMILES string of the molecule is CCOC(=O)c1cnc2[nH]ccc2c1NC1CCCN(CC(=O)C#N)C1. The predicted octanol–water partition coefficient (Wildman–Crippen LogP) is 1.71. The number of Topliss-reactive ketones (excluding diaryl/α,β-unsaturated/α-hetero) is 1. The fourth-order valence-electron chi connectivity index (χ4n) is 3.29. The Morgan fingerprint density at radius 1 is 1.54 bits per heavy atom. The van der Waals surface area contributed by atoms with Crippen LogP contribution < -0.4 is 5.32 Å². The summed E-state index contributed by atoms with van der Waals surface area (Å²) in [6.07, 6.45) is 5.11. The molecule has 0 radical (unpaired) electrons. The lowest BCUT2D eigenvalue weighted by Gasteiger charge is -2.33. The first kappa shape index (κ1) is 17.9. The van der Waals surface area contributed by atoms with Crippen LogP contribution in [0.3, 0.4) is 0 Å². The van der Waals surface area contributed by atoms with Crippen molar-refractivity contribution in [2.24, 2.45) is 0 Å². The number of piperidine rings is 1. The molecule has 0 aromatic carbocycles. The minimum absolute atomic E-state index is 0.0592. The van der Waals surface area contributed by atoms with Crippen molar-refractivity contribution in [1.82, 2.24) is 14.9 Å². The Labute approximate surface area is 151 Å². The number of anilines is 1. The first-order valence-corrected chi connectivity index (χ1v) is 8.67. The summed E-state index contributed by atoms with van der Waals surface area (Å²) in [4.78, 5) is 33.0. The molecule has 8 nitrogen and oxygen atoms in total. The molecule has 3 rings (SSSR count). The fourth-order valence-corrected chi connectivity index (χ4v) is 3.29. The van der Waals surface area contributed by atoms with E-state index < -0.39 is 11.8 Å². The number of hydrogen-bond donors (Lipinski definition) is 2. The molecule has 8 heteroatoms. The molecule has 0 bridgehead atoms. The monoisotopic (exact) mass is 355 g/mol. The van der Waals surface area contributed by atoms with Crippen molar-refractivity contribution < 1.29 is 14.3 Å². The highest BCUT2D eigenvalue weighted by Gasteiger charge is 2.24. The summed E-state index contributed by atoms with van der Waals surface area (Å²) in [6, 6.07) is 3.59. The van der Waals surface area contributed by atoms with E-state index in [1.165, 1.54) is 6.20 Å². The number of pyridine rings is 1. The van der Waals surface area contributed by atoms with E-state index in [0.717, 1.165) is 24.8 Å². The Morgan fingerprint density at radius 2 is 2.38 bits per heavy atom. The summed E-state index contributed by atoms with van der Waals surface area (Å²) in [5.41, 5.74) is 1.77. The Balaban J connectivity index is 1.84. The third-order valence-corrected chi connectivity index (χ3v) is 4.43. The number of rotatable bonds is 6. The lowest BCUT2D eigenvalue weighted by atomic mass is 10.0. The van der Waals surface area contributed by atoms with E-state index in [9.17, 15) is 9.59 Å². The van der Waals surface area contributed by atoms with E-state index in [1.54, 1.807) is 19.2 Å². The van der Waals surface area contributed by atoms with Crippen molar-refractivity contribution >= 4 is 28.5 Å². The van der Waals surface area contributed by atoms with Gasteiger partial charge < -0.3 is 15.0 Å². The second-order valence-electron chi connectivity index (χ2n) is 6.26. The minimum Gasteiger partial charge on any atom is -0.462 e. The van der Waals surface area contributed by atoms with Crippen molar-refractivity contribution in [3.8, 4) is 6.07 Å². The van der Waals surface area contributed by atoms with E-state index >= 15 is 0 Å². The second kappa shape index (κ2) is 7.97. The van der Waals surface area contributed by atoms with E-state index in [4.69, 9.17) is 10.00 Å². The number of aromatic amines is 1. The number of aromatic nitrogens is 2. The number of nitrogens with one attached hydrogen (secondary N) is 2. The Kier molecular flexibility index (Phi) is 5.49. The third kappa shape index (κ3) is 3.83. The molecule has 2 aromatic rings. The number of likely N-dealkylation sites (tertiary alicyclic amines) is 1. The van der Waals surface area contributed by atoms with Crippen LogP contribution in [0, 0.1) is 11.3 Å². The summed E-state index contributed by atoms with van der Waals surface area (Å²) in [6.45, 7) is 3.60. The highest BCUT2D eigenvalue weighted by Crippen LogP contribution is 2.28. The number of esters is 1. The molecular weight excluding hydrogens is 334 g/mol. The number of nitrogens with zero attached hydrogens (tertiary/aromatic N) is 3.